The van der Waals surface area contributed by atoms with E-state index in [1.807, 2.05) is 35.2 Å². The lowest BCUT2D eigenvalue weighted by atomic mass is 10.00. The van der Waals surface area contributed by atoms with Crippen molar-refractivity contribution in [2.45, 2.75) is 6.42 Å². The Hall–Kier alpha value is -2.08. The summed E-state index contributed by atoms with van der Waals surface area (Å²) >= 11 is 14.4. The van der Waals surface area contributed by atoms with Gasteiger partial charge in [0.25, 0.3) is 5.91 Å². The third kappa shape index (κ3) is 3.30. The molecule has 1 aliphatic rings. The van der Waals surface area contributed by atoms with Gasteiger partial charge in [-0.25, -0.2) is 4.98 Å². The lowest BCUT2D eigenvalue weighted by Crippen LogP contribution is -2.24. The van der Waals surface area contributed by atoms with Crippen molar-refractivity contribution in [2.75, 3.05) is 13.2 Å². The maximum Gasteiger partial charge on any atom is 0.255 e. The first-order valence-corrected chi connectivity index (χ1v) is 9.72. The van der Waals surface area contributed by atoms with Crippen molar-refractivity contribution < 1.29 is 9.53 Å². The maximum atomic E-state index is 12.3. The molecule has 2 heterocycles. The fraction of sp³-hybridized carbons (Fsp3) is 0.158. The molecule has 1 aromatic heterocycles. The second-order valence-corrected chi connectivity index (χ2v) is 7.37. The van der Waals surface area contributed by atoms with Crippen LogP contribution in [0.4, 0.5) is 0 Å². The molecule has 1 amide bonds. The molecule has 0 atom stereocenters. The zero-order valence-electron chi connectivity index (χ0n) is 13.6. The average Bonchev–Trinajstić information content (AvgIpc) is 3.12. The van der Waals surface area contributed by atoms with Crippen LogP contribution in [0.1, 0.15) is 21.5 Å². The molecule has 0 radical (unpaired) electrons. The minimum Gasteiger partial charge on any atom is -0.489 e. The first kappa shape index (κ1) is 17.3. The molecule has 0 spiro atoms. The molecule has 0 aliphatic carbocycles. The molecule has 3 aromatic rings. The third-order valence-corrected chi connectivity index (χ3v) is 5.67. The molecule has 1 N–H and O–H groups in total. The fourth-order valence-corrected chi connectivity index (χ4v) is 3.93. The van der Waals surface area contributed by atoms with Crippen LogP contribution >= 0.6 is 34.5 Å². The van der Waals surface area contributed by atoms with E-state index in [0.29, 0.717) is 35.9 Å². The van der Waals surface area contributed by atoms with Crippen LogP contribution in [0.25, 0.3) is 11.3 Å². The summed E-state index contributed by atoms with van der Waals surface area (Å²) in [7, 11) is 0. The minimum absolute atomic E-state index is 0.198. The Morgan fingerprint density at radius 2 is 2.00 bits per heavy atom. The van der Waals surface area contributed by atoms with E-state index in [1.165, 1.54) is 0 Å². The van der Waals surface area contributed by atoms with Crippen molar-refractivity contribution in [1.29, 1.82) is 0 Å². The first-order chi connectivity index (χ1) is 12.6. The Balaban J connectivity index is 1.66. The monoisotopic (exact) mass is 404 g/mol. The highest BCUT2D eigenvalue weighted by atomic mass is 35.5. The normalized spacial score (nSPS) is 13.5. The van der Waals surface area contributed by atoms with Crippen LogP contribution in [0.5, 0.6) is 5.75 Å². The predicted molar refractivity (Wildman–Crippen MR) is 105 cm³/mol. The Labute approximate surface area is 164 Å². The highest BCUT2D eigenvalue weighted by Gasteiger charge is 2.23. The van der Waals surface area contributed by atoms with Gasteiger partial charge in [-0.15, -0.1) is 11.3 Å². The van der Waals surface area contributed by atoms with Crippen molar-refractivity contribution in [2.24, 2.45) is 0 Å². The van der Waals surface area contributed by atoms with Crippen LogP contribution in [0.15, 0.2) is 41.2 Å². The van der Waals surface area contributed by atoms with Gasteiger partial charge in [0.05, 0.1) is 28.3 Å². The van der Waals surface area contributed by atoms with E-state index in [4.69, 9.17) is 27.9 Å². The topological polar surface area (TPSA) is 51.2 Å². The number of hydrogen-bond donors (Lipinski definition) is 1. The zero-order valence-corrected chi connectivity index (χ0v) is 15.9. The van der Waals surface area contributed by atoms with E-state index >= 15 is 0 Å². The number of hydrogen-bond acceptors (Lipinski definition) is 4. The number of ether oxygens (including phenoxy) is 1. The van der Waals surface area contributed by atoms with E-state index in [9.17, 15) is 4.79 Å². The summed E-state index contributed by atoms with van der Waals surface area (Å²) in [6.07, 6.45) is 0.566. The summed E-state index contributed by atoms with van der Waals surface area (Å²) in [5.74, 6) is 0.158. The smallest absolute Gasteiger partial charge is 0.255 e. The van der Waals surface area contributed by atoms with Crippen molar-refractivity contribution in [3.8, 4) is 17.0 Å². The molecule has 26 heavy (non-hydrogen) atoms. The van der Waals surface area contributed by atoms with E-state index in [1.54, 1.807) is 17.4 Å². The molecule has 7 heteroatoms. The quantitative estimate of drug-likeness (QED) is 0.679. The van der Waals surface area contributed by atoms with E-state index in [0.717, 1.165) is 22.4 Å². The van der Waals surface area contributed by atoms with Gasteiger partial charge >= 0.3 is 0 Å². The van der Waals surface area contributed by atoms with E-state index < -0.39 is 0 Å². The summed E-state index contributed by atoms with van der Waals surface area (Å²) in [5.41, 5.74) is 6.11. The van der Waals surface area contributed by atoms with Crippen LogP contribution in [0, 0.1) is 0 Å². The predicted octanol–water partition coefficient (Wildman–Crippen LogP) is 4.83. The van der Waals surface area contributed by atoms with Crippen molar-refractivity contribution in [3.63, 3.8) is 0 Å². The Kier molecular flexibility index (Phi) is 4.85. The minimum atomic E-state index is -0.198. The number of amides is 1. The molecule has 2 aromatic carbocycles. The molecule has 4 nitrogen and oxygen atoms in total. The number of benzene rings is 2. The highest BCUT2D eigenvalue weighted by molar-refractivity contribution is 7.07. The van der Waals surface area contributed by atoms with Gasteiger partial charge < -0.3 is 10.1 Å². The van der Waals surface area contributed by atoms with Crippen LogP contribution in [-0.4, -0.2) is 24.0 Å². The molecule has 0 bridgehead atoms. The summed E-state index contributed by atoms with van der Waals surface area (Å²) < 4.78 is 5.59. The summed E-state index contributed by atoms with van der Waals surface area (Å²) in [4.78, 5) is 16.6. The van der Waals surface area contributed by atoms with Crippen LogP contribution in [-0.2, 0) is 6.42 Å². The number of aromatic nitrogens is 1. The van der Waals surface area contributed by atoms with Crippen LogP contribution < -0.4 is 10.1 Å². The standard InChI is InChI=1S/C19H14Cl2N2O2S/c20-16-13(8-14-18(17(16)21)25-6-5-22-19(14)24)7-11-1-3-12(4-2-11)15-9-26-10-23-15/h1-4,8-10H,5-7H2,(H,22,24). The van der Waals surface area contributed by atoms with Crippen molar-refractivity contribution in [1.82, 2.24) is 10.3 Å². The van der Waals surface area contributed by atoms with Crippen LogP contribution in [0.2, 0.25) is 10.0 Å². The third-order valence-electron chi connectivity index (χ3n) is 4.19. The first-order valence-electron chi connectivity index (χ1n) is 8.03. The summed E-state index contributed by atoms with van der Waals surface area (Å²) in [6.45, 7) is 0.807. The number of carbonyl (C=O) groups is 1. The van der Waals surface area contributed by atoms with Gasteiger partial charge in [0, 0.05) is 10.9 Å². The van der Waals surface area contributed by atoms with Gasteiger partial charge in [-0.2, -0.15) is 0 Å². The summed E-state index contributed by atoms with van der Waals surface area (Å²) in [5, 5.41) is 5.51. The van der Waals surface area contributed by atoms with Gasteiger partial charge in [0.1, 0.15) is 11.6 Å². The Morgan fingerprint density at radius 1 is 1.19 bits per heavy atom. The molecule has 0 saturated carbocycles. The average molecular weight is 405 g/mol. The Morgan fingerprint density at radius 3 is 2.73 bits per heavy atom. The molecule has 132 valence electrons. The van der Waals surface area contributed by atoms with Gasteiger partial charge in [0.15, 0.2) is 5.75 Å². The zero-order chi connectivity index (χ0) is 18.1. The number of rotatable bonds is 3. The largest absolute Gasteiger partial charge is 0.489 e. The van der Waals surface area contributed by atoms with E-state index in [-0.39, 0.29) is 10.9 Å². The van der Waals surface area contributed by atoms with Crippen LogP contribution in [0.3, 0.4) is 0 Å². The number of nitrogens with one attached hydrogen (secondary N) is 1. The molecule has 0 fully saturated rings. The molecular weight excluding hydrogens is 391 g/mol. The number of thiazole rings is 1. The SMILES string of the molecule is O=C1NCCOc2c1cc(Cc1ccc(-c3cscn3)cc1)c(Cl)c2Cl. The second-order valence-electron chi connectivity index (χ2n) is 5.89. The second kappa shape index (κ2) is 7.27. The lowest BCUT2D eigenvalue weighted by Gasteiger charge is -2.13. The molecule has 4 rings (SSSR count). The van der Waals surface area contributed by atoms with Gasteiger partial charge in [-0.05, 0) is 23.6 Å². The number of nitrogens with zero attached hydrogens (tertiary/aromatic N) is 1. The van der Waals surface area contributed by atoms with Crippen molar-refractivity contribution >= 4 is 40.4 Å². The molecule has 0 unspecified atom stereocenters. The summed E-state index contributed by atoms with van der Waals surface area (Å²) in [6, 6.07) is 9.87. The molecule has 1 aliphatic heterocycles. The van der Waals surface area contributed by atoms with Gasteiger partial charge in [-0.1, -0.05) is 47.5 Å². The van der Waals surface area contributed by atoms with Gasteiger partial charge in [-0.3, -0.25) is 4.79 Å². The molecule has 0 saturated heterocycles. The Bertz CT molecular complexity index is 957. The maximum absolute atomic E-state index is 12.3. The fourth-order valence-electron chi connectivity index (χ4n) is 2.88. The highest BCUT2D eigenvalue weighted by Crippen LogP contribution is 2.39. The van der Waals surface area contributed by atoms with Gasteiger partial charge in [0.2, 0.25) is 0 Å². The number of fused-ring (bicyclic) bond motifs is 1. The van der Waals surface area contributed by atoms with E-state index in [2.05, 4.69) is 10.3 Å². The van der Waals surface area contributed by atoms with Crippen molar-refractivity contribution in [3.05, 3.63) is 68.0 Å². The molecular formula is C19H14Cl2N2O2S. The number of halogens is 2. The number of carbonyl (C=O) groups excluding carboxylic acids is 1. The lowest BCUT2D eigenvalue weighted by molar-refractivity contribution is 0.0957.